The van der Waals surface area contributed by atoms with E-state index in [0.29, 0.717) is 0 Å². The zero-order valence-corrected chi connectivity index (χ0v) is 18.8. The molecule has 3 aromatic rings. The molecule has 12 heteroatoms. The van der Waals surface area contributed by atoms with Gasteiger partial charge >= 0.3 is 6.36 Å². The Balaban J connectivity index is 1.88. The van der Waals surface area contributed by atoms with Gasteiger partial charge in [-0.25, -0.2) is 8.42 Å². The van der Waals surface area contributed by atoms with E-state index in [4.69, 9.17) is 23.2 Å². The largest absolute Gasteiger partial charge is 0.573 e. The topological polar surface area (TPSA) is 75.7 Å². The van der Waals surface area contributed by atoms with Gasteiger partial charge in [-0.3, -0.25) is 9.10 Å². The van der Waals surface area contributed by atoms with E-state index >= 15 is 0 Å². The Kier molecular flexibility index (Phi) is 7.41. The summed E-state index contributed by atoms with van der Waals surface area (Å²) in [5.41, 5.74) is 0.112. The van der Waals surface area contributed by atoms with Crippen LogP contribution < -0.4 is 14.4 Å². The summed E-state index contributed by atoms with van der Waals surface area (Å²) in [7, 11) is -4.22. The van der Waals surface area contributed by atoms with Gasteiger partial charge in [-0.05, 0) is 54.6 Å². The molecular formula is C21H15Cl2F3N2O4S. The van der Waals surface area contributed by atoms with E-state index in [1.54, 1.807) is 6.07 Å². The Morgan fingerprint density at radius 1 is 0.970 bits per heavy atom. The molecule has 174 valence electrons. The minimum Gasteiger partial charge on any atom is -0.406 e. The number of hydrogen-bond donors (Lipinski definition) is 1. The number of amides is 1. The lowest BCUT2D eigenvalue weighted by molar-refractivity contribution is -0.274. The number of carbonyl (C=O) groups excluding carboxylic acids is 1. The molecule has 0 saturated heterocycles. The maximum absolute atomic E-state index is 13.3. The Bertz CT molecular complexity index is 1240. The Labute approximate surface area is 197 Å². The van der Waals surface area contributed by atoms with Gasteiger partial charge in [0.1, 0.15) is 12.3 Å². The van der Waals surface area contributed by atoms with Gasteiger partial charge in [0, 0.05) is 10.7 Å². The number of nitrogens with zero attached hydrogens (tertiary/aromatic N) is 1. The second kappa shape index (κ2) is 9.90. The number of ether oxygens (including phenoxy) is 1. The summed E-state index contributed by atoms with van der Waals surface area (Å²) in [6, 6.07) is 15.9. The molecule has 0 unspecified atom stereocenters. The van der Waals surface area contributed by atoms with Gasteiger partial charge in [-0.1, -0.05) is 41.4 Å². The first-order valence-electron chi connectivity index (χ1n) is 9.14. The zero-order valence-electron chi connectivity index (χ0n) is 16.5. The number of nitrogens with one attached hydrogen (secondary N) is 1. The molecule has 0 heterocycles. The predicted octanol–water partition coefficient (Wildman–Crippen LogP) is 5.73. The third-order valence-corrected chi connectivity index (χ3v) is 6.50. The molecule has 0 aliphatic heterocycles. The van der Waals surface area contributed by atoms with Crippen LogP contribution in [0.1, 0.15) is 0 Å². The molecular weight excluding hydrogens is 504 g/mol. The molecule has 0 aromatic heterocycles. The van der Waals surface area contributed by atoms with Crippen LogP contribution in [-0.2, 0) is 14.8 Å². The van der Waals surface area contributed by atoms with Gasteiger partial charge in [-0.2, -0.15) is 0 Å². The monoisotopic (exact) mass is 518 g/mol. The van der Waals surface area contributed by atoms with E-state index in [1.807, 2.05) is 0 Å². The Morgan fingerprint density at radius 3 is 2.21 bits per heavy atom. The van der Waals surface area contributed by atoms with E-state index < -0.39 is 34.6 Å². The summed E-state index contributed by atoms with van der Waals surface area (Å²) in [4.78, 5) is 12.6. The summed E-state index contributed by atoms with van der Waals surface area (Å²) in [5.74, 6) is -1.24. The van der Waals surface area contributed by atoms with Crippen molar-refractivity contribution in [1.82, 2.24) is 0 Å². The average molecular weight is 519 g/mol. The first-order chi connectivity index (χ1) is 15.5. The van der Waals surface area contributed by atoms with Gasteiger partial charge in [0.15, 0.2) is 0 Å². The zero-order chi connectivity index (χ0) is 24.2. The number of hydrogen-bond acceptors (Lipinski definition) is 4. The van der Waals surface area contributed by atoms with E-state index in [9.17, 15) is 26.4 Å². The number of anilines is 2. The lowest BCUT2D eigenvalue weighted by atomic mass is 10.3. The highest BCUT2D eigenvalue weighted by molar-refractivity contribution is 7.92. The maximum atomic E-state index is 13.3. The fraction of sp³-hybridized carbons (Fsp3) is 0.0952. The van der Waals surface area contributed by atoms with Crippen LogP contribution in [0.25, 0.3) is 0 Å². The molecule has 0 atom stereocenters. The minimum absolute atomic E-state index is 0.0166. The lowest BCUT2D eigenvalue weighted by Crippen LogP contribution is -2.38. The molecule has 0 saturated carbocycles. The molecule has 33 heavy (non-hydrogen) atoms. The van der Waals surface area contributed by atoms with E-state index in [-0.39, 0.29) is 26.3 Å². The molecule has 3 aromatic carbocycles. The second-order valence-electron chi connectivity index (χ2n) is 6.54. The third-order valence-electron chi connectivity index (χ3n) is 4.17. The van der Waals surface area contributed by atoms with Crippen molar-refractivity contribution in [3.05, 3.63) is 82.8 Å². The van der Waals surface area contributed by atoms with Crippen LogP contribution in [0.4, 0.5) is 24.5 Å². The summed E-state index contributed by atoms with van der Waals surface area (Å²) in [6.45, 7) is -0.682. The van der Waals surface area contributed by atoms with Crippen LogP contribution in [0.2, 0.25) is 10.0 Å². The number of alkyl halides is 3. The summed E-state index contributed by atoms with van der Waals surface area (Å²) < 4.78 is 68.0. The number of carbonyl (C=O) groups is 1. The van der Waals surface area contributed by atoms with Crippen LogP contribution in [0.15, 0.2) is 77.7 Å². The fourth-order valence-electron chi connectivity index (χ4n) is 2.77. The number of benzene rings is 3. The number of sulfonamides is 1. The number of halogens is 5. The summed E-state index contributed by atoms with van der Waals surface area (Å²) >= 11 is 12.2. The smallest absolute Gasteiger partial charge is 0.406 e. The highest BCUT2D eigenvalue weighted by Gasteiger charge is 2.31. The molecule has 0 spiro atoms. The van der Waals surface area contributed by atoms with Gasteiger partial charge in [0.2, 0.25) is 5.91 Å². The number of rotatable bonds is 7. The molecule has 0 bridgehead atoms. The molecule has 3 rings (SSSR count). The Morgan fingerprint density at radius 2 is 1.61 bits per heavy atom. The van der Waals surface area contributed by atoms with E-state index in [1.165, 1.54) is 54.6 Å². The molecule has 0 fully saturated rings. The summed E-state index contributed by atoms with van der Waals surface area (Å²) in [6.07, 6.45) is -4.85. The summed E-state index contributed by atoms with van der Waals surface area (Å²) in [5, 5.41) is 2.67. The first kappa shape index (κ1) is 24.7. The normalized spacial score (nSPS) is 11.7. The highest BCUT2D eigenvalue weighted by atomic mass is 35.5. The second-order valence-corrected chi connectivity index (χ2v) is 9.25. The molecule has 6 nitrogen and oxygen atoms in total. The highest BCUT2D eigenvalue weighted by Crippen LogP contribution is 2.33. The standard InChI is InChI=1S/C21H15Cl2F3N2O4S/c22-14-6-11-18(23)19(12-14)28(33(30,31)17-4-2-1-3-5-17)13-20(29)27-15-7-9-16(10-8-15)32-21(24,25)26/h1-12H,13H2,(H,27,29). The molecule has 0 aliphatic rings. The lowest BCUT2D eigenvalue weighted by Gasteiger charge is -2.25. The van der Waals surface area contributed by atoms with Gasteiger partial charge in [0.25, 0.3) is 10.0 Å². The maximum Gasteiger partial charge on any atom is 0.573 e. The van der Waals surface area contributed by atoms with Crippen molar-refractivity contribution in [2.75, 3.05) is 16.2 Å². The van der Waals surface area contributed by atoms with Gasteiger partial charge < -0.3 is 10.1 Å². The van der Waals surface area contributed by atoms with Crippen molar-refractivity contribution in [2.24, 2.45) is 0 Å². The van der Waals surface area contributed by atoms with Gasteiger partial charge in [-0.15, -0.1) is 13.2 Å². The van der Waals surface area contributed by atoms with Crippen molar-refractivity contribution < 1.29 is 31.1 Å². The molecule has 1 N–H and O–H groups in total. The van der Waals surface area contributed by atoms with Crippen LogP contribution in [0.3, 0.4) is 0 Å². The van der Waals surface area contributed by atoms with Crippen LogP contribution >= 0.6 is 23.2 Å². The van der Waals surface area contributed by atoms with E-state index in [2.05, 4.69) is 10.1 Å². The van der Waals surface area contributed by atoms with Crippen molar-refractivity contribution in [1.29, 1.82) is 0 Å². The molecule has 0 aliphatic carbocycles. The molecule has 1 amide bonds. The predicted molar refractivity (Wildman–Crippen MR) is 119 cm³/mol. The Hall–Kier alpha value is -2.95. The SMILES string of the molecule is O=C(CN(c1cc(Cl)ccc1Cl)S(=O)(=O)c1ccccc1)Nc1ccc(OC(F)(F)F)cc1. The van der Waals surface area contributed by atoms with Crippen molar-refractivity contribution >= 4 is 50.5 Å². The van der Waals surface area contributed by atoms with Crippen LogP contribution in [-0.4, -0.2) is 27.2 Å². The fourth-order valence-corrected chi connectivity index (χ4v) is 4.66. The van der Waals surface area contributed by atoms with Crippen LogP contribution in [0, 0.1) is 0 Å². The van der Waals surface area contributed by atoms with Crippen molar-refractivity contribution in [3.8, 4) is 5.75 Å². The van der Waals surface area contributed by atoms with Crippen LogP contribution in [0.5, 0.6) is 5.75 Å². The third kappa shape index (κ3) is 6.53. The average Bonchev–Trinajstić information content (AvgIpc) is 2.75. The minimum atomic E-state index is -4.85. The quantitative estimate of drug-likeness (QED) is 0.433. The molecule has 0 radical (unpaired) electrons. The first-order valence-corrected chi connectivity index (χ1v) is 11.3. The van der Waals surface area contributed by atoms with E-state index in [0.717, 1.165) is 16.4 Å². The van der Waals surface area contributed by atoms with Crippen molar-refractivity contribution in [3.63, 3.8) is 0 Å². The van der Waals surface area contributed by atoms with Crippen molar-refractivity contribution in [2.45, 2.75) is 11.3 Å². The van der Waals surface area contributed by atoms with Gasteiger partial charge in [0.05, 0.1) is 15.6 Å².